The molecular weight excluding hydrogens is 209 g/mol. The standard InChI is InChI=1S/C12H16FNO2/c1-16-11-3-2-8(6-10(11)13)12(15)5-4-9(14)7-12/h2-3,6,9,15H,4-5,7,14H2,1H3. The van der Waals surface area contributed by atoms with Crippen molar-refractivity contribution in [3.63, 3.8) is 0 Å². The zero-order valence-corrected chi connectivity index (χ0v) is 9.24. The van der Waals surface area contributed by atoms with Crippen molar-refractivity contribution in [1.82, 2.24) is 0 Å². The highest BCUT2D eigenvalue weighted by atomic mass is 19.1. The first-order valence-electron chi connectivity index (χ1n) is 5.37. The molecule has 88 valence electrons. The summed E-state index contributed by atoms with van der Waals surface area (Å²) in [5.74, 6) is -0.261. The molecule has 0 radical (unpaired) electrons. The van der Waals surface area contributed by atoms with E-state index in [9.17, 15) is 9.50 Å². The molecule has 0 heterocycles. The van der Waals surface area contributed by atoms with Gasteiger partial charge in [-0.05, 0) is 37.0 Å². The Morgan fingerprint density at radius 3 is 2.81 bits per heavy atom. The minimum atomic E-state index is -0.980. The van der Waals surface area contributed by atoms with Crippen LogP contribution >= 0.6 is 0 Å². The normalized spacial score (nSPS) is 29.4. The zero-order chi connectivity index (χ0) is 11.8. The van der Waals surface area contributed by atoms with E-state index in [1.54, 1.807) is 6.07 Å². The van der Waals surface area contributed by atoms with Crippen molar-refractivity contribution in [1.29, 1.82) is 0 Å². The van der Waals surface area contributed by atoms with E-state index in [1.165, 1.54) is 19.2 Å². The molecule has 0 spiro atoms. The first kappa shape index (κ1) is 11.4. The first-order valence-corrected chi connectivity index (χ1v) is 5.37. The van der Waals surface area contributed by atoms with Crippen LogP contribution in [0, 0.1) is 5.82 Å². The maximum atomic E-state index is 13.5. The summed E-state index contributed by atoms with van der Waals surface area (Å²) in [7, 11) is 1.41. The SMILES string of the molecule is COc1ccc(C2(O)CCC(N)C2)cc1F. The van der Waals surface area contributed by atoms with Crippen molar-refractivity contribution in [2.45, 2.75) is 30.9 Å². The predicted molar refractivity (Wildman–Crippen MR) is 58.7 cm³/mol. The lowest BCUT2D eigenvalue weighted by atomic mass is 9.92. The number of aliphatic hydroxyl groups is 1. The Kier molecular flexibility index (Phi) is 2.86. The zero-order valence-electron chi connectivity index (χ0n) is 9.24. The van der Waals surface area contributed by atoms with Gasteiger partial charge in [0, 0.05) is 6.04 Å². The second-order valence-corrected chi connectivity index (χ2v) is 4.38. The Bertz CT molecular complexity index is 397. The predicted octanol–water partition coefficient (Wildman–Crippen LogP) is 1.53. The highest BCUT2D eigenvalue weighted by Gasteiger charge is 2.37. The van der Waals surface area contributed by atoms with Crippen molar-refractivity contribution in [2.24, 2.45) is 5.73 Å². The van der Waals surface area contributed by atoms with Crippen LogP contribution in [0.3, 0.4) is 0 Å². The minimum absolute atomic E-state index is 0.00448. The molecule has 0 aromatic heterocycles. The van der Waals surface area contributed by atoms with Crippen molar-refractivity contribution >= 4 is 0 Å². The van der Waals surface area contributed by atoms with Gasteiger partial charge in [0.05, 0.1) is 12.7 Å². The number of methoxy groups -OCH3 is 1. The number of hydrogen-bond acceptors (Lipinski definition) is 3. The third kappa shape index (κ3) is 1.90. The molecule has 0 saturated heterocycles. The lowest BCUT2D eigenvalue weighted by molar-refractivity contribution is 0.0427. The van der Waals surface area contributed by atoms with Gasteiger partial charge in [0.25, 0.3) is 0 Å². The van der Waals surface area contributed by atoms with Gasteiger partial charge in [-0.15, -0.1) is 0 Å². The second-order valence-electron chi connectivity index (χ2n) is 4.38. The van der Waals surface area contributed by atoms with Crippen LogP contribution < -0.4 is 10.5 Å². The van der Waals surface area contributed by atoms with E-state index in [2.05, 4.69) is 0 Å². The highest BCUT2D eigenvalue weighted by molar-refractivity contribution is 5.33. The van der Waals surface area contributed by atoms with Crippen molar-refractivity contribution in [2.75, 3.05) is 7.11 Å². The van der Waals surface area contributed by atoms with Gasteiger partial charge in [0.2, 0.25) is 0 Å². The van der Waals surface area contributed by atoms with Crippen molar-refractivity contribution < 1.29 is 14.2 Å². The average molecular weight is 225 g/mol. The van der Waals surface area contributed by atoms with Gasteiger partial charge in [-0.1, -0.05) is 6.07 Å². The summed E-state index contributed by atoms with van der Waals surface area (Å²) in [6, 6.07) is 4.55. The molecule has 1 aliphatic rings. The Morgan fingerprint density at radius 1 is 1.56 bits per heavy atom. The fourth-order valence-electron chi connectivity index (χ4n) is 2.28. The fraction of sp³-hybridized carbons (Fsp3) is 0.500. The van der Waals surface area contributed by atoms with E-state index < -0.39 is 11.4 Å². The number of benzene rings is 1. The number of nitrogens with two attached hydrogens (primary N) is 1. The maximum absolute atomic E-state index is 13.5. The Morgan fingerprint density at radius 2 is 2.31 bits per heavy atom. The van der Waals surface area contributed by atoms with Crippen LogP contribution in [0.5, 0.6) is 5.75 Å². The van der Waals surface area contributed by atoms with Gasteiger partial charge in [0.15, 0.2) is 11.6 Å². The summed E-state index contributed by atoms with van der Waals surface area (Å²) in [6.45, 7) is 0. The van der Waals surface area contributed by atoms with Crippen LogP contribution in [0.25, 0.3) is 0 Å². The second kappa shape index (κ2) is 4.03. The van der Waals surface area contributed by atoms with Crippen LogP contribution in [0.2, 0.25) is 0 Å². The topological polar surface area (TPSA) is 55.5 Å². The van der Waals surface area contributed by atoms with Gasteiger partial charge in [-0.25, -0.2) is 4.39 Å². The molecule has 1 aromatic carbocycles. The Balaban J connectivity index is 2.31. The minimum Gasteiger partial charge on any atom is -0.494 e. The lowest BCUT2D eigenvalue weighted by Gasteiger charge is -2.23. The van der Waals surface area contributed by atoms with E-state index in [1.807, 2.05) is 0 Å². The summed E-state index contributed by atoms with van der Waals surface area (Å²) in [5.41, 5.74) is 5.37. The molecule has 1 aliphatic carbocycles. The molecule has 1 aromatic rings. The number of ether oxygens (including phenoxy) is 1. The van der Waals surface area contributed by atoms with Crippen molar-refractivity contribution in [3.8, 4) is 5.75 Å². The molecule has 0 amide bonds. The van der Waals surface area contributed by atoms with Gasteiger partial charge in [-0.2, -0.15) is 0 Å². The average Bonchev–Trinajstić information content (AvgIpc) is 2.60. The summed E-state index contributed by atoms with van der Waals surface area (Å²) in [4.78, 5) is 0. The molecular formula is C12H16FNO2. The number of rotatable bonds is 2. The van der Waals surface area contributed by atoms with E-state index >= 15 is 0 Å². The van der Waals surface area contributed by atoms with Gasteiger partial charge in [-0.3, -0.25) is 0 Å². The van der Waals surface area contributed by atoms with Crippen LogP contribution in [-0.2, 0) is 5.60 Å². The first-order chi connectivity index (χ1) is 7.55. The van der Waals surface area contributed by atoms with E-state index in [-0.39, 0.29) is 11.8 Å². The summed E-state index contributed by atoms with van der Waals surface area (Å²) in [6.07, 6.45) is 1.84. The van der Waals surface area contributed by atoms with Crippen molar-refractivity contribution in [3.05, 3.63) is 29.6 Å². The lowest BCUT2D eigenvalue weighted by Crippen LogP contribution is -2.25. The summed E-state index contributed by atoms with van der Waals surface area (Å²) >= 11 is 0. The maximum Gasteiger partial charge on any atom is 0.165 e. The number of hydrogen-bond donors (Lipinski definition) is 2. The molecule has 2 rings (SSSR count). The van der Waals surface area contributed by atoms with E-state index in [0.717, 1.165) is 6.42 Å². The Labute approximate surface area is 94.0 Å². The van der Waals surface area contributed by atoms with Crippen LogP contribution in [-0.4, -0.2) is 18.3 Å². The van der Waals surface area contributed by atoms with Gasteiger partial charge < -0.3 is 15.6 Å². The van der Waals surface area contributed by atoms with Crippen LogP contribution in [0.15, 0.2) is 18.2 Å². The smallest absolute Gasteiger partial charge is 0.165 e. The third-order valence-electron chi connectivity index (χ3n) is 3.22. The summed E-state index contributed by atoms with van der Waals surface area (Å²) < 4.78 is 18.3. The number of halogens is 1. The van der Waals surface area contributed by atoms with Gasteiger partial charge >= 0.3 is 0 Å². The monoisotopic (exact) mass is 225 g/mol. The third-order valence-corrected chi connectivity index (χ3v) is 3.22. The molecule has 2 atom stereocenters. The molecule has 3 N–H and O–H groups in total. The fourth-order valence-corrected chi connectivity index (χ4v) is 2.28. The Hall–Kier alpha value is -1.13. The van der Waals surface area contributed by atoms with E-state index in [0.29, 0.717) is 18.4 Å². The largest absolute Gasteiger partial charge is 0.494 e. The molecule has 2 unspecified atom stereocenters. The van der Waals surface area contributed by atoms with Gasteiger partial charge in [0.1, 0.15) is 0 Å². The molecule has 16 heavy (non-hydrogen) atoms. The molecule has 4 heteroatoms. The van der Waals surface area contributed by atoms with Crippen LogP contribution in [0.4, 0.5) is 4.39 Å². The molecule has 3 nitrogen and oxygen atoms in total. The molecule has 0 aliphatic heterocycles. The quantitative estimate of drug-likeness (QED) is 0.802. The van der Waals surface area contributed by atoms with Crippen LogP contribution in [0.1, 0.15) is 24.8 Å². The van der Waals surface area contributed by atoms with E-state index in [4.69, 9.17) is 10.5 Å². The highest BCUT2D eigenvalue weighted by Crippen LogP contribution is 2.39. The molecule has 0 bridgehead atoms. The summed E-state index contributed by atoms with van der Waals surface area (Å²) in [5, 5.41) is 10.3. The molecule has 1 fully saturated rings. The molecule has 1 saturated carbocycles.